The molecule has 1 aromatic rings. The van der Waals surface area contributed by atoms with Gasteiger partial charge in [-0.05, 0) is 30.7 Å². The van der Waals surface area contributed by atoms with Crippen molar-refractivity contribution in [2.24, 2.45) is 11.8 Å². The predicted molar refractivity (Wildman–Crippen MR) is 91.3 cm³/mol. The molecule has 2 N–H and O–H groups in total. The van der Waals surface area contributed by atoms with Gasteiger partial charge in [0, 0.05) is 5.46 Å². The molecule has 0 heterocycles. The quantitative estimate of drug-likeness (QED) is 0.563. The maximum Gasteiger partial charge on any atom is 0.491 e. The molecule has 0 amide bonds. The Morgan fingerprint density at radius 2 is 1.71 bits per heavy atom. The van der Waals surface area contributed by atoms with E-state index in [-0.39, 0.29) is 5.75 Å². The highest BCUT2D eigenvalue weighted by Gasteiger charge is 2.24. The van der Waals surface area contributed by atoms with Crippen molar-refractivity contribution in [2.75, 3.05) is 6.61 Å². The van der Waals surface area contributed by atoms with Gasteiger partial charge in [0.2, 0.25) is 0 Å². The van der Waals surface area contributed by atoms with E-state index in [1.165, 1.54) is 44.6 Å². The molecule has 2 rings (SSSR count). The van der Waals surface area contributed by atoms with Gasteiger partial charge in [0.1, 0.15) is 0 Å². The van der Waals surface area contributed by atoms with Crippen LogP contribution in [0.1, 0.15) is 58.3 Å². The first-order valence-electron chi connectivity index (χ1n) is 8.99. The van der Waals surface area contributed by atoms with Crippen molar-refractivity contribution in [2.45, 2.75) is 58.3 Å². The van der Waals surface area contributed by atoms with E-state index in [1.807, 2.05) is 0 Å². The third-order valence-corrected chi connectivity index (χ3v) is 5.01. The van der Waals surface area contributed by atoms with Crippen molar-refractivity contribution in [3.05, 3.63) is 23.8 Å². The topological polar surface area (TPSA) is 49.7 Å². The van der Waals surface area contributed by atoms with Crippen molar-refractivity contribution in [1.82, 2.24) is 0 Å². The highest BCUT2D eigenvalue weighted by molar-refractivity contribution is 6.58. The number of halogens is 2. The van der Waals surface area contributed by atoms with Gasteiger partial charge in [0.05, 0.1) is 6.61 Å². The second-order valence-electron chi connectivity index (χ2n) is 6.85. The maximum atomic E-state index is 13.9. The van der Waals surface area contributed by atoms with Crippen LogP contribution in [0.25, 0.3) is 0 Å². The van der Waals surface area contributed by atoms with Gasteiger partial charge in [-0.3, -0.25) is 0 Å². The molecule has 0 bridgehead atoms. The minimum Gasteiger partial charge on any atom is -0.490 e. The molecular formula is C18H27BF2O3. The van der Waals surface area contributed by atoms with Gasteiger partial charge >= 0.3 is 7.12 Å². The molecule has 0 aliphatic heterocycles. The molecular weight excluding hydrogens is 313 g/mol. The summed E-state index contributed by atoms with van der Waals surface area (Å²) in [6.45, 7) is 2.59. The van der Waals surface area contributed by atoms with Crippen molar-refractivity contribution in [1.29, 1.82) is 0 Å². The highest BCUT2D eigenvalue weighted by atomic mass is 19.2. The zero-order valence-electron chi connectivity index (χ0n) is 14.3. The molecule has 1 aliphatic carbocycles. The molecule has 0 spiro atoms. The fourth-order valence-electron chi connectivity index (χ4n) is 3.44. The summed E-state index contributed by atoms with van der Waals surface area (Å²) < 4.78 is 33.0. The molecule has 0 saturated heterocycles. The number of ether oxygens (including phenoxy) is 1. The zero-order chi connectivity index (χ0) is 17.5. The molecule has 24 heavy (non-hydrogen) atoms. The van der Waals surface area contributed by atoms with Crippen LogP contribution in [0.3, 0.4) is 0 Å². The molecule has 0 radical (unpaired) electrons. The molecule has 6 heteroatoms. The average molecular weight is 340 g/mol. The largest absolute Gasteiger partial charge is 0.491 e. The number of hydrogen-bond donors (Lipinski definition) is 2. The summed E-state index contributed by atoms with van der Waals surface area (Å²) in [5.74, 6) is -1.41. The van der Waals surface area contributed by atoms with E-state index >= 15 is 0 Å². The molecule has 0 unspecified atom stereocenters. The zero-order valence-corrected chi connectivity index (χ0v) is 14.3. The summed E-state index contributed by atoms with van der Waals surface area (Å²) in [7, 11) is -2.03. The first-order chi connectivity index (χ1) is 11.5. The second kappa shape index (κ2) is 9.37. The lowest BCUT2D eigenvalue weighted by Crippen LogP contribution is -2.33. The fraction of sp³-hybridized carbons (Fsp3) is 0.667. The Kier molecular flexibility index (Phi) is 7.50. The third-order valence-electron chi connectivity index (χ3n) is 5.01. The van der Waals surface area contributed by atoms with Crippen molar-refractivity contribution in [3.63, 3.8) is 0 Å². The molecule has 1 fully saturated rings. The summed E-state index contributed by atoms with van der Waals surface area (Å²) >= 11 is 0. The van der Waals surface area contributed by atoms with Gasteiger partial charge < -0.3 is 14.8 Å². The van der Waals surface area contributed by atoms with E-state index < -0.39 is 24.2 Å². The third kappa shape index (κ3) is 5.18. The Labute approximate surface area is 143 Å². The Balaban J connectivity index is 1.80. The number of benzene rings is 1. The summed E-state index contributed by atoms with van der Waals surface area (Å²) in [6.07, 6.45) is 9.64. The van der Waals surface area contributed by atoms with Crippen LogP contribution in [0.5, 0.6) is 5.75 Å². The predicted octanol–water partition coefficient (Wildman–Crippen LogP) is 3.41. The van der Waals surface area contributed by atoms with Gasteiger partial charge in [0.25, 0.3) is 0 Å². The Morgan fingerprint density at radius 3 is 2.33 bits per heavy atom. The molecule has 1 aromatic carbocycles. The van der Waals surface area contributed by atoms with E-state index in [9.17, 15) is 8.78 Å². The van der Waals surface area contributed by atoms with E-state index in [4.69, 9.17) is 14.8 Å². The van der Waals surface area contributed by atoms with Crippen LogP contribution in [0.2, 0.25) is 0 Å². The van der Waals surface area contributed by atoms with Gasteiger partial charge in [-0.25, -0.2) is 4.39 Å². The van der Waals surface area contributed by atoms with E-state index in [0.717, 1.165) is 24.8 Å². The second-order valence-corrected chi connectivity index (χ2v) is 6.85. The van der Waals surface area contributed by atoms with Crippen LogP contribution < -0.4 is 10.2 Å². The van der Waals surface area contributed by atoms with Gasteiger partial charge in [0.15, 0.2) is 17.4 Å². The van der Waals surface area contributed by atoms with Gasteiger partial charge in [-0.1, -0.05) is 51.5 Å². The van der Waals surface area contributed by atoms with Crippen LogP contribution >= 0.6 is 0 Å². The van der Waals surface area contributed by atoms with Crippen LogP contribution in [0.15, 0.2) is 12.1 Å². The first-order valence-corrected chi connectivity index (χ1v) is 8.99. The SMILES string of the molecule is CCCCC[C@H]1CC[C@H](COc2ccc(B(O)O)c(F)c2F)CC1. The smallest absolute Gasteiger partial charge is 0.490 e. The summed E-state index contributed by atoms with van der Waals surface area (Å²) in [4.78, 5) is 0. The first kappa shape index (κ1) is 19.2. The minimum absolute atomic E-state index is 0.165. The Hall–Kier alpha value is -1.14. The Morgan fingerprint density at radius 1 is 1.04 bits per heavy atom. The summed E-state index contributed by atoms with van der Waals surface area (Å²) in [5, 5.41) is 17.9. The van der Waals surface area contributed by atoms with Crippen LogP contribution in [0.4, 0.5) is 8.78 Å². The van der Waals surface area contributed by atoms with Gasteiger partial charge in [-0.2, -0.15) is 4.39 Å². The highest BCUT2D eigenvalue weighted by Crippen LogP contribution is 2.32. The average Bonchev–Trinajstić information content (AvgIpc) is 2.57. The number of hydrogen-bond acceptors (Lipinski definition) is 3. The molecule has 3 nitrogen and oxygen atoms in total. The molecule has 1 saturated carbocycles. The summed E-state index contributed by atoms with van der Waals surface area (Å²) in [6, 6.07) is 2.40. The molecule has 1 aliphatic rings. The van der Waals surface area contributed by atoms with Crippen molar-refractivity contribution >= 4 is 12.6 Å². The lowest BCUT2D eigenvalue weighted by atomic mass is 9.79. The summed E-state index contributed by atoms with van der Waals surface area (Å²) in [5.41, 5.74) is -0.479. The Bertz CT molecular complexity index is 517. The fourth-order valence-corrected chi connectivity index (χ4v) is 3.44. The lowest BCUT2D eigenvalue weighted by Gasteiger charge is -2.28. The van der Waals surface area contributed by atoms with Crippen molar-refractivity contribution in [3.8, 4) is 5.75 Å². The number of rotatable bonds is 8. The minimum atomic E-state index is -2.03. The van der Waals surface area contributed by atoms with E-state index in [2.05, 4.69) is 6.92 Å². The van der Waals surface area contributed by atoms with Crippen LogP contribution in [-0.4, -0.2) is 23.8 Å². The monoisotopic (exact) mass is 340 g/mol. The van der Waals surface area contributed by atoms with Gasteiger partial charge in [-0.15, -0.1) is 0 Å². The maximum absolute atomic E-state index is 13.9. The normalized spacial score (nSPS) is 20.9. The molecule has 134 valence electrons. The van der Waals surface area contributed by atoms with Crippen LogP contribution in [0, 0.1) is 23.5 Å². The van der Waals surface area contributed by atoms with E-state index in [1.54, 1.807) is 0 Å². The standard InChI is InChI=1S/C18H27BF2O3/c1-2-3-4-5-13-6-8-14(9-7-13)12-24-16-11-10-15(19(22)23)17(20)18(16)21/h10-11,13-14,22-23H,2-9,12H2,1H3/t13-,14-. The molecule has 0 aromatic heterocycles. The van der Waals surface area contributed by atoms with Crippen molar-refractivity contribution < 1.29 is 23.6 Å². The number of unbranched alkanes of at least 4 members (excludes halogenated alkanes) is 2. The van der Waals surface area contributed by atoms with Crippen LogP contribution in [-0.2, 0) is 0 Å². The lowest BCUT2D eigenvalue weighted by molar-refractivity contribution is 0.172. The van der Waals surface area contributed by atoms with E-state index in [0.29, 0.717) is 12.5 Å². The molecule has 0 atom stereocenters.